The minimum absolute atomic E-state index is 0.134. The lowest BCUT2D eigenvalue weighted by Gasteiger charge is -2.16. The van der Waals surface area contributed by atoms with Crippen molar-refractivity contribution < 1.29 is 24.2 Å². The highest BCUT2D eigenvalue weighted by Gasteiger charge is 2.23. The Balaban J connectivity index is 1.68. The summed E-state index contributed by atoms with van der Waals surface area (Å²) in [6.45, 7) is 3.72. The third kappa shape index (κ3) is 6.71. The zero-order chi connectivity index (χ0) is 25.4. The molecule has 0 bridgehead atoms. The molecule has 1 aromatic heterocycles. The Morgan fingerprint density at radius 1 is 1.31 bits per heavy atom. The summed E-state index contributed by atoms with van der Waals surface area (Å²) in [5.74, 6) is -1.35. The van der Waals surface area contributed by atoms with Crippen LogP contribution in [0.5, 0.6) is 0 Å². The second kappa shape index (κ2) is 11.9. The summed E-state index contributed by atoms with van der Waals surface area (Å²) in [4.78, 5) is 53.2. The van der Waals surface area contributed by atoms with Crippen molar-refractivity contribution in [1.82, 2.24) is 25.8 Å². The van der Waals surface area contributed by atoms with Gasteiger partial charge in [0.05, 0.1) is 18.7 Å². The average Bonchev–Trinajstić information content (AvgIpc) is 3.36. The summed E-state index contributed by atoms with van der Waals surface area (Å²) >= 11 is 0. The van der Waals surface area contributed by atoms with Gasteiger partial charge in [0.2, 0.25) is 5.43 Å². The first-order valence-corrected chi connectivity index (χ1v) is 11.4. The molecule has 0 saturated heterocycles. The highest BCUT2D eigenvalue weighted by Crippen LogP contribution is 2.14. The van der Waals surface area contributed by atoms with E-state index in [4.69, 9.17) is 4.74 Å². The molecule has 0 radical (unpaired) electrons. The van der Waals surface area contributed by atoms with Crippen molar-refractivity contribution >= 4 is 34.8 Å². The smallest absolute Gasteiger partial charge is 0.407 e. The maximum absolute atomic E-state index is 13.0. The second-order valence-electron chi connectivity index (χ2n) is 8.08. The van der Waals surface area contributed by atoms with Crippen molar-refractivity contribution in [3.05, 3.63) is 45.7 Å². The number of nitrogens with one attached hydrogen (secondary N) is 4. The summed E-state index contributed by atoms with van der Waals surface area (Å²) in [7, 11) is 1.71. The number of carbonyl (C=O) groups excluding carboxylic acids is 2. The fraction of sp³-hybridized carbons (Fsp3) is 0.435. The number of pyridine rings is 1. The summed E-state index contributed by atoms with van der Waals surface area (Å²) < 4.78 is 6.56. The second-order valence-corrected chi connectivity index (χ2v) is 8.08. The number of guanidine groups is 1. The Labute approximate surface area is 201 Å². The van der Waals surface area contributed by atoms with Gasteiger partial charge in [0.15, 0.2) is 5.96 Å². The SMILES string of the molecule is CCCCOC(=O)NC(CNC(=O)c1cn(C)c2cc(CNC3=NCCN3)ccc2c1=O)C(=O)O. The minimum atomic E-state index is -1.41. The molecule has 3 rings (SSSR count). The molecule has 2 heterocycles. The van der Waals surface area contributed by atoms with Gasteiger partial charge in [-0.3, -0.25) is 14.6 Å². The van der Waals surface area contributed by atoms with Crippen molar-refractivity contribution in [2.45, 2.75) is 32.4 Å². The fourth-order valence-electron chi connectivity index (χ4n) is 3.48. The molecular formula is C23H30N6O6. The van der Waals surface area contributed by atoms with Gasteiger partial charge in [-0.2, -0.15) is 0 Å². The average molecular weight is 487 g/mol. The third-order valence-electron chi connectivity index (χ3n) is 5.42. The van der Waals surface area contributed by atoms with Crippen molar-refractivity contribution in [3.8, 4) is 0 Å². The third-order valence-corrected chi connectivity index (χ3v) is 5.42. The van der Waals surface area contributed by atoms with E-state index in [2.05, 4.69) is 26.3 Å². The van der Waals surface area contributed by atoms with Crippen LogP contribution in [-0.2, 0) is 23.1 Å². The largest absolute Gasteiger partial charge is 0.480 e. The zero-order valence-electron chi connectivity index (χ0n) is 19.7. The van der Waals surface area contributed by atoms with Crippen LogP contribution in [0.3, 0.4) is 0 Å². The van der Waals surface area contributed by atoms with Crippen LogP contribution in [0, 0.1) is 0 Å². The number of ether oxygens (including phenoxy) is 1. The molecule has 188 valence electrons. The van der Waals surface area contributed by atoms with Gasteiger partial charge in [0, 0.05) is 38.3 Å². The predicted molar refractivity (Wildman–Crippen MR) is 129 cm³/mol. The van der Waals surface area contributed by atoms with Crippen molar-refractivity contribution in [2.24, 2.45) is 12.0 Å². The minimum Gasteiger partial charge on any atom is -0.480 e. The number of aliphatic imine (C=N–C) groups is 1. The normalized spacial score (nSPS) is 13.5. The molecular weight excluding hydrogens is 456 g/mol. The number of aliphatic carboxylic acids is 1. The maximum atomic E-state index is 13.0. The predicted octanol–water partition coefficient (Wildman–Crippen LogP) is 0.297. The van der Waals surface area contributed by atoms with E-state index in [1.54, 1.807) is 23.7 Å². The Bertz CT molecular complexity index is 1190. The number of aromatic nitrogens is 1. The Kier molecular flexibility index (Phi) is 8.65. The van der Waals surface area contributed by atoms with E-state index in [1.807, 2.05) is 13.0 Å². The molecule has 1 atom stereocenters. The molecule has 1 aliphatic rings. The fourth-order valence-corrected chi connectivity index (χ4v) is 3.48. The van der Waals surface area contributed by atoms with Gasteiger partial charge in [0.25, 0.3) is 5.91 Å². The van der Waals surface area contributed by atoms with Crippen LogP contribution in [0.1, 0.15) is 35.7 Å². The molecule has 0 saturated carbocycles. The molecule has 12 nitrogen and oxygen atoms in total. The number of aryl methyl sites for hydroxylation is 1. The molecule has 1 aliphatic heterocycles. The van der Waals surface area contributed by atoms with Crippen LogP contribution in [0.4, 0.5) is 4.79 Å². The molecule has 0 fully saturated rings. The van der Waals surface area contributed by atoms with Gasteiger partial charge in [-0.25, -0.2) is 9.59 Å². The van der Waals surface area contributed by atoms with Gasteiger partial charge >= 0.3 is 12.1 Å². The van der Waals surface area contributed by atoms with E-state index in [0.29, 0.717) is 23.9 Å². The summed E-state index contributed by atoms with van der Waals surface area (Å²) in [5, 5.41) is 20.6. The van der Waals surface area contributed by atoms with Crippen LogP contribution < -0.4 is 26.7 Å². The van der Waals surface area contributed by atoms with Crippen LogP contribution >= 0.6 is 0 Å². The molecule has 0 spiro atoms. The quantitative estimate of drug-likeness (QED) is 0.299. The van der Waals surface area contributed by atoms with E-state index in [0.717, 1.165) is 31.0 Å². The van der Waals surface area contributed by atoms with Gasteiger partial charge in [-0.05, 0) is 24.1 Å². The number of rotatable bonds is 10. The Morgan fingerprint density at radius 2 is 2.11 bits per heavy atom. The standard InChI is InChI=1S/C23H30N6O6/c1-3-4-9-35-23(34)28-17(21(32)33)12-26-20(31)16-13-29(2)18-10-14(5-6-15(18)19(16)30)11-27-22-24-7-8-25-22/h5-6,10,13,17H,3-4,7-9,11-12H2,1-2H3,(H,26,31)(H,28,34)(H,32,33)(H2,24,25,27). The Morgan fingerprint density at radius 3 is 2.80 bits per heavy atom. The van der Waals surface area contributed by atoms with Crippen LogP contribution in [0.15, 0.2) is 34.2 Å². The number of amides is 2. The molecule has 5 N–H and O–H groups in total. The number of hydrogen-bond donors (Lipinski definition) is 5. The van der Waals surface area contributed by atoms with Crippen LogP contribution in [-0.4, -0.2) is 65.9 Å². The number of hydrogen-bond acceptors (Lipinski definition) is 8. The van der Waals surface area contributed by atoms with E-state index >= 15 is 0 Å². The zero-order valence-corrected chi connectivity index (χ0v) is 19.7. The first kappa shape index (κ1) is 25.5. The van der Waals surface area contributed by atoms with Gasteiger partial charge in [-0.1, -0.05) is 19.4 Å². The van der Waals surface area contributed by atoms with E-state index in [9.17, 15) is 24.3 Å². The number of nitrogens with zero attached hydrogens (tertiary/aromatic N) is 2. The Hall–Kier alpha value is -4.09. The summed E-state index contributed by atoms with van der Waals surface area (Å²) in [5.41, 5.74) is 0.968. The summed E-state index contributed by atoms with van der Waals surface area (Å²) in [6.07, 6.45) is 1.99. The number of alkyl carbamates (subject to hydrolysis) is 1. The lowest BCUT2D eigenvalue weighted by molar-refractivity contribution is -0.139. The molecule has 2 amide bonds. The van der Waals surface area contributed by atoms with Crippen LogP contribution in [0.2, 0.25) is 0 Å². The van der Waals surface area contributed by atoms with Crippen LogP contribution in [0.25, 0.3) is 10.9 Å². The first-order chi connectivity index (χ1) is 16.8. The number of carbonyl (C=O) groups is 3. The molecule has 2 aromatic rings. The molecule has 1 unspecified atom stereocenters. The van der Waals surface area contributed by atoms with Gasteiger partial charge in [-0.15, -0.1) is 0 Å². The lowest BCUT2D eigenvalue weighted by atomic mass is 10.1. The van der Waals surface area contributed by atoms with E-state index < -0.39 is 36.0 Å². The van der Waals surface area contributed by atoms with Crippen molar-refractivity contribution in [2.75, 3.05) is 26.2 Å². The highest BCUT2D eigenvalue weighted by atomic mass is 16.5. The molecule has 1 aromatic carbocycles. The number of fused-ring (bicyclic) bond motifs is 1. The van der Waals surface area contributed by atoms with E-state index in [1.165, 1.54) is 6.20 Å². The van der Waals surface area contributed by atoms with Crippen molar-refractivity contribution in [3.63, 3.8) is 0 Å². The number of carboxylic acid groups (broad SMARTS) is 1. The number of benzene rings is 1. The molecule has 12 heteroatoms. The monoisotopic (exact) mass is 486 g/mol. The number of unbranched alkanes of at least 4 members (excludes halogenated alkanes) is 1. The summed E-state index contributed by atoms with van der Waals surface area (Å²) in [6, 6.07) is 3.90. The van der Waals surface area contributed by atoms with E-state index in [-0.39, 0.29) is 12.2 Å². The number of carboxylic acids is 1. The van der Waals surface area contributed by atoms with Crippen molar-refractivity contribution in [1.29, 1.82) is 0 Å². The topological polar surface area (TPSA) is 163 Å². The molecule has 35 heavy (non-hydrogen) atoms. The highest BCUT2D eigenvalue weighted by molar-refractivity contribution is 5.97. The molecule has 0 aliphatic carbocycles. The lowest BCUT2D eigenvalue weighted by Crippen LogP contribution is -2.49. The van der Waals surface area contributed by atoms with Gasteiger partial charge < -0.3 is 35.7 Å². The maximum Gasteiger partial charge on any atom is 0.407 e. The van der Waals surface area contributed by atoms with Gasteiger partial charge in [0.1, 0.15) is 11.6 Å². The first-order valence-electron chi connectivity index (χ1n) is 11.4.